The molecule has 2 unspecified atom stereocenters. The number of hydrogen-bond acceptors (Lipinski definition) is 4. The normalized spacial score (nSPS) is 14.6. The molecule has 0 aliphatic heterocycles. The zero-order chi connectivity index (χ0) is 14.1. The van der Waals surface area contributed by atoms with Crippen molar-refractivity contribution in [2.75, 3.05) is 6.54 Å². The number of fused-ring (bicyclic) bond motifs is 1. The molecule has 3 aromatic rings. The summed E-state index contributed by atoms with van der Waals surface area (Å²) in [4.78, 5) is 0.988. The van der Waals surface area contributed by atoms with Crippen LogP contribution in [0.1, 0.15) is 22.5 Å². The van der Waals surface area contributed by atoms with Gasteiger partial charge in [-0.1, -0.05) is 28.1 Å². The maximum absolute atomic E-state index is 10.7. The molecule has 2 aromatic heterocycles. The van der Waals surface area contributed by atoms with Crippen LogP contribution in [0, 0.1) is 0 Å². The molecule has 0 aliphatic carbocycles. The molecular weight excluding hydrogens is 354 g/mol. The molecule has 2 heterocycles. The van der Waals surface area contributed by atoms with E-state index in [0.29, 0.717) is 6.54 Å². The molecule has 3 rings (SSSR count). The number of halogens is 1. The summed E-state index contributed by atoms with van der Waals surface area (Å²) in [6.07, 6.45) is -0.557. The number of hydrogen-bond donors (Lipinski definition) is 2. The van der Waals surface area contributed by atoms with E-state index in [1.54, 1.807) is 22.7 Å². The van der Waals surface area contributed by atoms with Crippen LogP contribution < -0.4 is 5.73 Å². The standard InChI is InChI=1S/C15H14BrNOS2/c16-10-3-1-2-9(6-10)11(8-17)15(18)14-7-13-12(20-14)4-5-19-13/h1-7,11,15,18H,8,17H2. The van der Waals surface area contributed by atoms with Crippen LogP contribution in [0.25, 0.3) is 9.40 Å². The van der Waals surface area contributed by atoms with E-state index in [1.807, 2.05) is 24.3 Å². The van der Waals surface area contributed by atoms with E-state index in [9.17, 15) is 5.11 Å². The first-order valence-electron chi connectivity index (χ1n) is 6.29. The lowest BCUT2D eigenvalue weighted by molar-refractivity contribution is 0.151. The maximum atomic E-state index is 10.7. The molecule has 0 fully saturated rings. The van der Waals surface area contributed by atoms with Crippen LogP contribution in [0.4, 0.5) is 0 Å². The fourth-order valence-electron chi connectivity index (χ4n) is 2.31. The van der Waals surface area contributed by atoms with E-state index in [0.717, 1.165) is 14.9 Å². The van der Waals surface area contributed by atoms with Crippen LogP contribution in [0.2, 0.25) is 0 Å². The lowest BCUT2D eigenvalue weighted by Gasteiger charge is -2.21. The lowest BCUT2D eigenvalue weighted by atomic mass is 9.92. The summed E-state index contributed by atoms with van der Waals surface area (Å²) in [5, 5.41) is 12.7. The SMILES string of the molecule is NCC(c1cccc(Br)c1)C(O)c1cc2sccc2s1. The topological polar surface area (TPSA) is 46.2 Å². The molecule has 20 heavy (non-hydrogen) atoms. The summed E-state index contributed by atoms with van der Waals surface area (Å²) in [5.74, 6) is -0.0831. The molecule has 0 saturated carbocycles. The smallest absolute Gasteiger partial charge is 0.0963 e. The number of rotatable bonds is 4. The van der Waals surface area contributed by atoms with Crippen LogP contribution in [-0.4, -0.2) is 11.7 Å². The second-order valence-electron chi connectivity index (χ2n) is 4.64. The second kappa shape index (κ2) is 5.95. The number of aliphatic hydroxyl groups is 1. The zero-order valence-electron chi connectivity index (χ0n) is 10.6. The Labute approximate surface area is 134 Å². The van der Waals surface area contributed by atoms with Crippen molar-refractivity contribution in [2.24, 2.45) is 5.73 Å². The molecule has 0 radical (unpaired) electrons. The predicted molar refractivity (Wildman–Crippen MR) is 90.6 cm³/mol. The van der Waals surface area contributed by atoms with Gasteiger partial charge in [0.2, 0.25) is 0 Å². The number of nitrogens with two attached hydrogens (primary N) is 1. The third-order valence-electron chi connectivity index (χ3n) is 3.36. The van der Waals surface area contributed by atoms with E-state index in [1.165, 1.54) is 9.40 Å². The lowest BCUT2D eigenvalue weighted by Crippen LogP contribution is -2.19. The highest BCUT2D eigenvalue weighted by atomic mass is 79.9. The van der Waals surface area contributed by atoms with Gasteiger partial charge in [-0.05, 0) is 35.2 Å². The summed E-state index contributed by atoms with van der Waals surface area (Å²) in [6, 6.07) is 12.2. The van der Waals surface area contributed by atoms with Crippen LogP contribution in [0.3, 0.4) is 0 Å². The summed E-state index contributed by atoms with van der Waals surface area (Å²) in [5.41, 5.74) is 6.96. The van der Waals surface area contributed by atoms with Crippen molar-refractivity contribution in [3.63, 3.8) is 0 Å². The molecular formula is C15H14BrNOS2. The summed E-state index contributed by atoms with van der Waals surface area (Å²) >= 11 is 6.82. The van der Waals surface area contributed by atoms with E-state index in [2.05, 4.69) is 33.4 Å². The molecule has 104 valence electrons. The van der Waals surface area contributed by atoms with E-state index >= 15 is 0 Å². The Balaban J connectivity index is 1.94. The molecule has 3 N–H and O–H groups in total. The monoisotopic (exact) mass is 367 g/mol. The van der Waals surface area contributed by atoms with E-state index in [4.69, 9.17) is 5.73 Å². The molecule has 0 saturated heterocycles. The average Bonchev–Trinajstić information content (AvgIpc) is 3.00. The Morgan fingerprint density at radius 1 is 1.20 bits per heavy atom. The largest absolute Gasteiger partial charge is 0.387 e. The fraction of sp³-hybridized carbons (Fsp3) is 0.200. The first kappa shape index (κ1) is 14.2. The Bertz CT molecular complexity index is 693. The van der Waals surface area contributed by atoms with Crippen molar-refractivity contribution in [3.8, 4) is 0 Å². The van der Waals surface area contributed by atoms with Crippen LogP contribution in [0.15, 0.2) is 46.3 Å². The van der Waals surface area contributed by atoms with Crippen molar-refractivity contribution in [1.29, 1.82) is 0 Å². The van der Waals surface area contributed by atoms with Crippen LogP contribution >= 0.6 is 38.6 Å². The van der Waals surface area contributed by atoms with Crippen molar-refractivity contribution >= 4 is 48.0 Å². The van der Waals surface area contributed by atoms with Gasteiger partial charge in [-0.15, -0.1) is 22.7 Å². The van der Waals surface area contributed by atoms with Gasteiger partial charge < -0.3 is 10.8 Å². The van der Waals surface area contributed by atoms with Gasteiger partial charge >= 0.3 is 0 Å². The summed E-state index contributed by atoms with van der Waals surface area (Å²) in [7, 11) is 0. The van der Waals surface area contributed by atoms with Crippen LogP contribution in [-0.2, 0) is 0 Å². The van der Waals surface area contributed by atoms with Crippen LogP contribution in [0.5, 0.6) is 0 Å². The van der Waals surface area contributed by atoms with Gasteiger partial charge in [0.25, 0.3) is 0 Å². The van der Waals surface area contributed by atoms with Crippen molar-refractivity contribution in [3.05, 3.63) is 56.7 Å². The Hall–Kier alpha value is -0.720. The summed E-state index contributed by atoms with van der Waals surface area (Å²) < 4.78 is 3.47. The molecule has 2 nitrogen and oxygen atoms in total. The number of thiophene rings is 2. The highest BCUT2D eigenvalue weighted by Crippen LogP contribution is 2.39. The first-order valence-corrected chi connectivity index (χ1v) is 8.78. The zero-order valence-corrected chi connectivity index (χ0v) is 13.8. The van der Waals surface area contributed by atoms with Crippen molar-refractivity contribution in [1.82, 2.24) is 0 Å². The first-order chi connectivity index (χ1) is 9.69. The van der Waals surface area contributed by atoms with Gasteiger partial charge in [0, 0.05) is 31.2 Å². The highest BCUT2D eigenvalue weighted by molar-refractivity contribution is 9.10. The molecule has 0 aliphatic rings. The molecule has 2 atom stereocenters. The van der Waals surface area contributed by atoms with Gasteiger partial charge in [-0.3, -0.25) is 0 Å². The molecule has 1 aromatic carbocycles. The quantitative estimate of drug-likeness (QED) is 0.712. The predicted octanol–water partition coefficient (Wildman–Crippen LogP) is 4.50. The third kappa shape index (κ3) is 2.69. The van der Waals surface area contributed by atoms with Gasteiger partial charge in [-0.2, -0.15) is 0 Å². The van der Waals surface area contributed by atoms with E-state index < -0.39 is 6.10 Å². The molecule has 0 amide bonds. The van der Waals surface area contributed by atoms with Crippen molar-refractivity contribution < 1.29 is 5.11 Å². The Kier molecular flexibility index (Phi) is 4.23. The fourth-order valence-corrected chi connectivity index (χ4v) is 4.90. The average molecular weight is 368 g/mol. The minimum Gasteiger partial charge on any atom is -0.387 e. The second-order valence-corrected chi connectivity index (χ2v) is 7.62. The van der Waals surface area contributed by atoms with Gasteiger partial charge in [0.05, 0.1) is 6.10 Å². The van der Waals surface area contributed by atoms with Gasteiger partial charge in [-0.25, -0.2) is 0 Å². The minimum absolute atomic E-state index is 0.0831. The number of aliphatic hydroxyl groups excluding tert-OH is 1. The minimum atomic E-state index is -0.557. The summed E-state index contributed by atoms with van der Waals surface area (Å²) in [6.45, 7) is 0.420. The highest BCUT2D eigenvalue weighted by Gasteiger charge is 2.23. The Morgan fingerprint density at radius 3 is 2.75 bits per heavy atom. The molecule has 0 bridgehead atoms. The maximum Gasteiger partial charge on any atom is 0.0963 e. The van der Waals surface area contributed by atoms with E-state index in [-0.39, 0.29) is 5.92 Å². The van der Waals surface area contributed by atoms with Crippen molar-refractivity contribution in [2.45, 2.75) is 12.0 Å². The Morgan fingerprint density at radius 2 is 2.05 bits per heavy atom. The third-order valence-corrected chi connectivity index (χ3v) is 6.02. The van der Waals surface area contributed by atoms with Gasteiger partial charge in [0.15, 0.2) is 0 Å². The molecule has 5 heteroatoms. The van der Waals surface area contributed by atoms with Gasteiger partial charge in [0.1, 0.15) is 0 Å². The molecule has 0 spiro atoms. The number of benzene rings is 1.